The van der Waals surface area contributed by atoms with Gasteiger partial charge in [-0.15, -0.1) is 11.3 Å². The molecule has 5 heteroatoms. The molecule has 2 heterocycles. The average Bonchev–Trinajstić information content (AvgIpc) is 3.15. The van der Waals surface area contributed by atoms with Gasteiger partial charge < -0.3 is 5.32 Å². The minimum atomic E-state index is -0.0338. The highest BCUT2D eigenvalue weighted by Crippen LogP contribution is 2.32. The fourth-order valence-corrected chi connectivity index (χ4v) is 4.32. The molecule has 2 aromatic heterocycles. The highest BCUT2D eigenvalue weighted by atomic mass is 35.5. The first-order valence-corrected chi connectivity index (χ1v) is 11.3. The number of hydrogen-bond acceptors (Lipinski definition) is 3. The zero-order valence-electron chi connectivity index (χ0n) is 16.3. The van der Waals surface area contributed by atoms with Gasteiger partial charge in [0.2, 0.25) is 0 Å². The lowest BCUT2D eigenvalue weighted by molar-refractivity contribution is 0.0954. The van der Waals surface area contributed by atoms with E-state index >= 15 is 0 Å². The first kappa shape index (κ1) is 20.8. The quantitative estimate of drug-likeness (QED) is 0.359. The molecular formula is C23H27ClN2OS. The van der Waals surface area contributed by atoms with Gasteiger partial charge in [0.25, 0.3) is 5.91 Å². The first-order valence-electron chi connectivity index (χ1n) is 10.1. The van der Waals surface area contributed by atoms with Crippen LogP contribution in [0.4, 0.5) is 0 Å². The number of thiophene rings is 1. The van der Waals surface area contributed by atoms with Crippen molar-refractivity contribution in [2.24, 2.45) is 0 Å². The van der Waals surface area contributed by atoms with E-state index in [1.807, 2.05) is 42.5 Å². The van der Waals surface area contributed by atoms with E-state index in [0.29, 0.717) is 12.1 Å². The summed E-state index contributed by atoms with van der Waals surface area (Å²) in [5.41, 5.74) is 2.29. The fourth-order valence-electron chi connectivity index (χ4n) is 3.32. The molecule has 0 aliphatic heterocycles. The van der Waals surface area contributed by atoms with Crippen LogP contribution in [0.15, 0.2) is 42.5 Å². The summed E-state index contributed by atoms with van der Waals surface area (Å²) >= 11 is 7.55. The van der Waals surface area contributed by atoms with Gasteiger partial charge in [-0.2, -0.15) is 0 Å². The topological polar surface area (TPSA) is 42.0 Å². The van der Waals surface area contributed by atoms with E-state index in [1.54, 1.807) is 0 Å². The minimum Gasteiger partial charge on any atom is -0.352 e. The second-order valence-corrected chi connectivity index (χ2v) is 8.77. The van der Waals surface area contributed by atoms with Gasteiger partial charge in [-0.3, -0.25) is 4.79 Å². The number of fused-ring (bicyclic) bond motifs is 1. The molecule has 0 saturated carbocycles. The number of pyridine rings is 1. The van der Waals surface area contributed by atoms with Crippen molar-refractivity contribution < 1.29 is 4.79 Å². The van der Waals surface area contributed by atoms with E-state index < -0.39 is 0 Å². The second-order valence-electron chi connectivity index (χ2n) is 7.05. The number of nitrogens with one attached hydrogen (secondary N) is 1. The van der Waals surface area contributed by atoms with Gasteiger partial charge in [0.1, 0.15) is 0 Å². The number of rotatable bonds is 10. The Kier molecular flexibility index (Phi) is 7.87. The van der Waals surface area contributed by atoms with Crippen LogP contribution in [0.5, 0.6) is 0 Å². The van der Waals surface area contributed by atoms with Crippen molar-refractivity contribution in [2.45, 2.75) is 51.9 Å². The maximum atomic E-state index is 12.9. The third-order valence-corrected chi connectivity index (χ3v) is 6.11. The molecule has 3 rings (SSSR count). The third-order valence-electron chi connectivity index (χ3n) is 4.85. The summed E-state index contributed by atoms with van der Waals surface area (Å²) in [5.74, 6) is -0.0338. The molecule has 0 aliphatic rings. The molecule has 1 amide bonds. The van der Waals surface area contributed by atoms with Crippen LogP contribution in [0.1, 0.15) is 62.2 Å². The number of para-hydroxylation sites is 1. The number of aromatic nitrogens is 1. The van der Waals surface area contributed by atoms with E-state index in [0.717, 1.165) is 32.2 Å². The molecule has 148 valence electrons. The van der Waals surface area contributed by atoms with Gasteiger partial charge in [-0.05, 0) is 30.7 Å². The monoisotopic (exact) mass is 414 g/mol. The summed E-state index contributed by atoms with van der Waals surface area (Å²) in [6.45, 7) is 2.94. The van der Waals surface area contributed by atoms with Crippen molar-refractivity contribution in [1.29, 1.82) is 0 Å². The van der Waals surface area contributed by atoms with Crippen LogP contribution in [0, 0.1) is 0 Å². The molecule has 0 unspecified atom stereocenters. The number of carbonyl (C=O) groups excluding carboxylic acids is 1. The second kappa shape index (κ2) is 10.6. The predicted octanol–water partition coefficient (Wildman–Crippen LogP) is 7.10. The van der Waals surface area contributed by atoms with Crippen molar-refractivity contribution >= 4 is 39.7 Å². The normalized spacial score (nSPS) is 11.1. The van der Waals surface area contributed by atoms with E-state index in [1.165, 1.54) is 49.9 Å². The van der Waals surface area contributed by atoms with Gasteiger partial charge >= 0.3 is 0 Å². The first-order chi connectivity index (χ1) is 13.7. The Morgan fingerprint density at radius 3 is 2.54 bits per heavy atom. The van der Waals surface area contributed by atoms with E-state index in [-0.39, 0.29) is 5.91 Å². The molecule has 3 aromatic rings. The Morgan fingerprint density at radius 2 is 1.79 bits per heavy atom. The fraction of sp³-hybridized carbons (Fsp3) is 0.391. The van der Waals surface area contributed by atoms with Crippen LogP contribution >= 0.6 is 22.9 Å². The smallest absolute Gasteiger partial charge is 0.252 e. The zero-order chi connectivity index (χ0) is 19.8. The summed E-state index contributed by atoms with van der Waals surface area (Å²) in [4.78, 5) is 18.5. The van der Waals surface area contributed by atoms with Gasteiger partial charge in [0.05, 0.1) is 26.0 Å². The van der Waals surface area contributed by atoms with Crippen molar-refractivity contribution in [3.8, 4) is 10.6 Å². The van der Waals surface area contributed by atoms with Crippen LogP contribution in [-0.2, 0) is 0 Å². The molecule has 1 aromatic carbocycles. The van der Waals surface area contributed by atoms with E-state index in [9.17, 15) is 4.79 Å². The number of hydrogen-bond donors (Lipinski definition) is 1. The minimum absolute atomic E-state index is 0.0338. The number of unbranched alkanes of at least 4 members (excludes halogenated alkanes) is 6. The molecule has 0 aliphatic carbocycles. The molecule has 0 fully saturated rings. The third kappa shape index (κ3) is 5.55. The molecule has 1 N–H and O–H groups in total. The van der Waals surface area contributed by atoms with Crippen LogP contribution in [0.2, 0.25) is 4.34 Å². The largest absolute Gasteiger partial charge is 0.352 e. The van der Waals surface area contributed by atoms with Crippen LogP contribution < -0.4 is 5.32 Å². The van der Waals surface area contributed by atoms with Gasteiger partial charge in [-0.1, -0.05) is 75.2 Å². The van der Waals surface area contributed by atoms with Crippen LogP contribution in [0.25, 0.3) is 21.5 Å². The number of benzene rings is 1. The number of halogens is 1. The summed E-state index contributed by atoms with van der Waals surface area (Å²) in [5, 5.41) is 3.97. The standard InChI is InChI=1S/C23H27ClN2OS/c1-2-3-4-5-6-7-10-15-25-23(27)18-16-20(21-13-14-22(24)28-21)26-19-12-9-8-11-17(18)19/h8-9,11-14,16H,2-7,10,15H2,1H3,(H,25,27). The maximum Gasteiger partial charge on any atom is 0.252 e. The Balaban J connectivity index is 1.66. The van der Waals surface area contributed by atoms with Crippen LogP contribution in [-0.4, -0.2) is 17.4 Å². The predicted molar refractivity (Wildman–Crippen MR) is 120 cm³/mol. The highest BCUT2D eigenvalue weighted by Gasteiger charge is 2.14. The molecule has 0 spiro atoms. The number of amides is 1. The lowest BCUT2D eigenvalue weighted by Gasteiger charge is -2.10. The highest BCUT2D eigenvalue weighted by molar-refractivity contribution is 7.19. The Labute approximate surface area is 176 Å². The molecular weight excluding hydrogens is 388 g/mol. The van der Waals surface area contributed by atoms with Gasteiger partial charge in [0, 0.05) is 11.9 Å². The summed E-state index contributed by atoms with van der Waals surface area (Å²) in [6, 6.07) is 13.5. The lowest BCUT2D eigenvalue weighted by Crippen LogP contribution is -2.24. The maximum absolute atomic E-state index is 12.9. The van der Waals surface area contributed by atoms with Crippen LogP contribution in [0.3, 0.4) is 0 Å². The van der Waals surface area contributed by atoms with Gasteiger partial charge in [0.15, 0.2) is 0 Å². The summed E-state index contributed by atoms with van der Waals surface area (Å²) < 4.78 is 0.717. The number of carbonyl (C=O) groups is 1. The Hall–Kier alpha value is -1.91. The van der Waals surface area contributed by atoms with Crippen molar-refractivity contribution in [3.05, 3.63) is 52.4 Å². The zero-order valence-corrected chi connectivity index (χ0v) is 17.9. The van der Waals surface area contributed by atoms with Crippen molar-refractivity contribution in [2.75, 3.05) is 6.54 Å². The molecule has 0 radical (unpaired) electrons. The summed E-state index contributed by atoms with van der Waals surface area (Å²) in [7, 11) is 0. The molecule has 0 saturated heterocycles. The lowest BCUT2D eigenvalue weighted by atomic mass is 10.1. The Morgan fingerprint density at radius 1 is 1.04 bits per heavy atom. The van der Waals surface area contributed by atoms with E-state index in [4.69, 9.17) is 16.6 Å². The Bertz CT molecular complexity index is 922. The number of nitrogens with zero attached hydrogens (tertiary/aromatic N) is 1. The average molecular weight is 415 g/mol. The molecule has 0 bridgehead atoms. The molecule has 28 heavy (non-hydrogen) atoms. The molecule has 3 nitrogen and oxygen atoms in total. The summed E-state index contributed by atoms with van der Waals surface area (Å²) in [6.07, 6.45) is 8.65. The molecule has 0 atom stereocenters. The van der Waals surface area contributed by atoms with Gasteiger partial charge in [-0.25, -0.2) is 4.98 Å². The van der Waals surface area contributed by atoms with E-state index in [2.05, 4.69) is 12.2 Å². The SMILES string of the molecule is CCCCCCCCCNC(=O)c1cc(-c2ccc(Cl)s2)nc2ccccc12. The van der Waals surface area contributed by atoms with Crippen molar-refractivity contribution in [3.63, 3.8) is 0 Å². The van der Waals surface area contributed by atoms with Crippen molar-refractivity contribution in [1.82, 2.24) is 10.3 Å².